The van der Waals surface area contributed by atoms with Crippen LogP contribution >= 0.6 is 0 Å². The van der Waals surface area contributed by atoms with Crippen molar-refractivity contribution < 1.29 is 22.4 Å². The van der Waals surface area contributed by atoms with Crippen LogP contribution in [0.4, 0.5) is 0 Å². The van der Waals surface area contributed by atoms with Crippen LogP contribution in [0.2, 0.25) is 0 Å². The Bertz CT molecular complexity index is 754. The van der Waals surface area contributed by atoms with Crippen molar-refractivity contribution >= 4 is 21.7 Å². The average Bonchev–Trinajstić information content (AvgIpc) is 3.31. The first kappa shape index (κ1) is 19.9. The van der Waals surface area contributed by atoms with Crippen molar-refractivity contribution in [3.05, 3.63) is 24.2 Å². The summed E-state index contributed by atoms with van der Waals surface area (Å²) in [5.41, 5.74) is 0. The summed E-state index contributed by atoms with van der Waals surface area (Å²) in [4.78, 5) is 30.4. The van der Waals surface area contributed by atoms with Crippen LogP contribution in [-0.2, 0) is 14.6 Å². The molecule has 2 aliphatic heterocycles. The summed E-state index contributed by atoms with van der Waals surface area (Å²) in [5.74, 6) is 0.669. The topological polar surface area (TPSA) is 91.1 Å². The second kappa shape index (κ2) is 8.43. The quantitative estimate of drug-likeness (QED) is 0.693. The number of sulfone groups is 1. The highest BCUT2D eigenvalue weighted by atomic mass is 32.2. The van der Waals surface area contributed by atoms with E-state index in [0.717, 1.165) is 6.54 Å². The Hall–Kier alpha value is -1.87. The smallest absolute Gasteiger partial charge is 0.289 e. The number of rotatable bonds is 6. The van der Waals surface area contributed by atoms with Gasteiger partial charge in [0.15, 0.2) is 15.6 Å². The molecule has 1 aromatic rings. The first-order valence-electron chi connectivity index (χ1n) is 9.44. The first-order chi connectivity index (χ1) is 12.9. The Morgan fingerprint density at radius 3 is 2.48 bits per heavy atom. The van der Waals surface area contributed by atoms with Gasteiger partial charge in [-0.3, -0.25) is 14.5 Å². The van der Waals surface area contributed by atoms with Crippen LogP contribution in [-0.4, -0.2) is 91.7 Å². The predicted molar refractivity (Wildman–Crippen MR) is 100 cm³/mol. The maximum atomic E-state index is 12.5. The van der Waals surface area contributed by atoms with Crippen molar-refractivity contribution in [2.75, 3.05) is 50.8 Å². The molecular weight excluding hydrogens is 370 g/mol. The van der Waals surface area contributed by atoms with E-state index < -0.39 is 9.84 Å². The monoisotopic (exact) mass is 397 g/mol. The Labute approximate surface area is 160 Å². The fraction of sp³-hybridized carbons (Fsp3) is 0.667. The van der Waals surface area contributed by atoms with Gasteiger partial charge in [-0.05, 0) is 25.1 Å². The molecule has 1 atom stereocenters. The predicted octanol–water partition coefficient (Wildman–Crippen LogP) is 0.463. The normalized spacial score (nSPS) is 22.4. The lowest BCUT2D eigenvalue weighted by molar-refractivity contribution is -0.133. The minimum absolute atomic E-state index is 0.0237. The molecule has 3 heterocycles. The van der Waals surface area contributed by atoms with Crippen molar-refractivity contribution in [1.82, 2.24) is 14.7 Å². The summed E-state index contributed by atoms with van der Waals surface area (Å²) in [7, 11) is -2.92. The Morgan fingerprint density at radius 1 is 1.22 bits per heavy atom. The lowest BCUT2D eigenvalue weighted by atomic mass is 10.2. The lowest BCUT2D eigenvalue weighted by Gasteiger charge is -2.35. The van der Waals surface area contributed by atoms with E-state index in [2.05, 4.69) is 4.90 Å². The van der Waals surface area contributed by atoms with E-state index in [-0.39, 0.29) is 29.4 Å². The zero-order chi connectivity index (χ0) is 19.4. The van der Waals surface area contributed by atoms with Gasteiger partial charge >= 0.3 is 0 Å². The molecule has 0 aromatic carbocycles. The molecule has 0 aliphatic carbocycles. The van der Waals surface area contributed by atoms with Crippen LogP contribution < -0.4 is 0 Å². The molecule has 3 rings (SSSR count). The van der Waals surface area contributed by atoms with Crippen LogP contribution in [0.25, 0.3) is 0 Å². The highest BCUT2D eigenvalue weighted by Crippen LogP contribution is 2.18. The maximum absolute atomic E-state index is 12.5. The van der Waals surface area contributed by atoms with Crippen LogP contribution in [0.15, 0.2) is 22.8 Å². The van der Waals surface area contributed by atoms with Gasteiger partial charge in [-0.15, -0.1) is 0 Å². The second-order valence-electron chi connectivity index (χ2n) is 7.09. The molecule has 8 nitrogen and oxygen atoms in total. The second-order valence-corrected chi connectivity index (χ2v) is 9.31. The van der Waals surface area contributed by atoms with Crippen molar-refractivity contribution in [3.63, 3.8) is 0 Å². The molecule has 1 unspecified atom stereocenters. The summed E-state index contributed by atoms with van der Waals surface area (Å²) in [6.45, 7) is 5.30. The van der Waals surface area contributed by atoms with Gasteiger partial charge in [0, 0.05) is 45.2 Å². The summed E-state index contributed by atoms with van der Waals surface area (Å²) >= 11 is 0. The molecule has 0 N–H and O–H groups in total. The van der Waals surface area contributed by atoms with E-state index in [1.807, 2.05) is 6.92 Å². The Kier molecular flexibility index (Phi) is 6.21. The molecule has 2 amide bonds. The summed E-state index contributed by atoms with van der Waals surface area (Å²) in [5, 5.41) is 0. The molecule has 2 fully saturated rings. The third-order valence-corrected chi connectivity index (χ3v) is 7.15. The summed E-state index contributed by atoms with van der Waals surface area (Å²) < 4.78 is 28.5. The molecule has 0 radical (unpaired) electrons. The van der Waals surface area contributed by atoms with Crippen molar-refractivity contribution in [2.24, 2.45) is 0 Å². The molecule has 150 valence electrons. The number of furan rings is 1. The minimum Gasteiger partial charge on any atom is -0.459 e. The number of carbonyl (C=O) groups is 2. The van der Waals surface area contributed by atoms with Gasteiger partial charge < -0.3 is 14.2 Å². The van der Waals surface area contributed by atoms with Gasteiger partial charge in [-0.2, -0.15) is 0 Å². The third-order valence-electron chi connectivity index (χ3n) is 5.40. The molecule has 0 spiro atoms. The number of nitrogens with zero attached hydrogens (tertiary/aromatic N) is 3. The van der Waals surface area contributed by atoms with E-state index in [0.29, 0.717) is 51.3 Å². The lowest BCUT2D eigenvalue weighted by Crippen LogP contribution is -2.51. The minimum atomic E-state index is -2.92. The van der Waals surface area contributed by atoms with Gasteiger partial charge in [0.25, 0.3) is 5.91 Å². The van der Waals surface area contributed by atoms with Crippen LogP contribution in [0, 0.1) is 0 Å². The average molecular weight is 397 g/mol. The van der Waals surface area contributed by atoms with E-state index in [1.165, 1.54) is 6.26 Å². The fourth-order valence-corrected chi connectivity index (χ4v) is 5.54. The molecular formula is C18H27N3O5S. The zero-order valence-electron chi connectivity index (χ0n) is 15.7. The van der Waals surface area contributed by atoms with Crippen molar-refractivity contribution in [2.45, 2.75) is 25.8 Å². The molecule has 27 heavy (non-hydrogen) atoms. The van der Waals surface area contributed by atoms with Crippen molar-refractivity contribution in [3.8, 4) is 0 Å². The van der Waals surface area contributed by atoms with Gasteiger partial charge in [-0.25, -0.2) is 8.42 Å². The standard InChI is InChI=1S/C18H27N3O5S/c1-2-19(15-6-13-27(24,25)14-15)7-5-17(22)20-8-10-21(11-9-20)18(23)16-4-3-12-26-16/h3-4,12,15H,2,5-11,13-14H2,1H3. The number of hydrogen-bond donors (Lipinski definition) is 0. The van der Waals surface area contributed by atoms with E-state index in [9.17, 15) is 18.0 Å². The highest BCUT2D eigenvalue weighted by molar-refractivity contribution is 7.91. The number of carbonyl (C=O) groups excluding carboxylic acids is 2. The van der Waals surface area contributed by atoms with Crippen LogP contribution in [0.1, 0.15) is 30.3 Å². The van der Waals surface area contributed by atoms with Gasteiger partial charge in [0.05, 0.1) is 17.8 Å². The largest absolute Gasteiger partial charge is 0.459 e. The van der Waals surface area contributed by atoms with Crippen molar-refractivity contribution in [1.29, 1.82) is 0 Å². The van der Waals surface area contributed by atoms with E-state index in [1.54, 1.807) is 21.9 Å². The first-order valence-corrected chi connectivity index (χ1v) is 11.3. The SMILES string of the molecule is CCN(CCC(=O)N1CCN(C(=O)c2ccco2)CC1)C1CCS(=O)(=O)C1. The number of amides is 2. The Morgan fingerprint density at radius 2 is 1.93 bits per heavy atom. The molecule has 0 saturated carbocycles. The molecule has 1 aromatic heterocycles. The van der Waals surface area contributed by atoms with Gasteiger partial charge in [0.1, 0.15) is 0 Å². The van der Waals surface area contributed by atoms with Crippen LogP contribution in [0.5, 0.6) is 0 Å². The van der Waals surface area contributed by atoms with E-state index >= 15 is 0 Å². The number of hydrogen-bond acceptors (Lipinski definition) is 6. The summed E-state index contributed by atoms with van der Waals surface area (Å²) in [6.07, 6.45) is 2.50. The fourth-order valence-electron chi connectivity index (χ4n) is 3.77. The van der Waals surface area contributed by atoms with Gasteiger partial charge in [-0.1, -0.05) is 6.92 Å². The molecule has 0 bridgehead atoms. The van der Waals surface area contributed by atoms with E-state index in [4.69, 9.17) is 4.42 Å². The third kappa shape index (κ3) is 4.90. The maximum Gasteiger partial charge on any atom is 0.289 e. The molecule has 9 heteroatoms. The zero-order valence-corrected chi connectivity index (χ0v) is 16.5. The highest BCUT2D eigenvalue weighted by Gasteiger charge is 2.32. The number of piperazine rings is 1. The summed E-state index contributed by atoms with van der Waals surface area (Å²) in [6, 6.07) is 3.35. The molecule has 2 saturated heterocycles. The van der Waals surface area contributed by atoms with Crippen LogP contribution in [0.3, 0.4) is 0 Å². The van der Waals surface area contributed by atoms with Gasteiger partial charge in [0.2, 0.25) is 5.91 Å². The Balaban J connectivity index is 1.44. The molecule has 2 aliphatic rings.